The summed E-state index contributed by atoms with van der Waals surface area (Å²) in [5.41, 5.74) is 2.90. The van der Waals surface area contributed by atoms with Crippen molar-refractivity contribution in [2.45, 2.75) is 37.0 Å². The van der Waals surface area contributed by atoms with Gasteiger partial charge in [0.15, 0.2) is 12.4 Å². The van der Waals surface area contributed by atoms with Gasteiger partial charge in [-0.2, -0.15) is 0 Å². The fourth-order valence-corrected chi connectivity index (χ4v) is 4.32. The summed E-state index contributed by atoms with van der Waals surface area (Å²) in [6.45, 7) is -0.329. The molecule has 0 unspecified atom stereocenters. The average molecular weight is 388 g/mol. The quantitative estimate of drug-likeness (QED) is 0.388. The SMILES string of the molecule is O=C(O)COc1ccc(SCCCC(=O)c2ccc(F)cc2)c2c1CCC2. The van der Waals surface area contributed by atoms with Gasteiger partial charge >= 0.3 is 5.97 Å². The number of hydrogen-bond donors (Lipinski definition) is 1. The maximum Gasteiger partial charge on any atom is 0.341 e. The van der Waals surface area contributed by atoms with Gasteiger partial charge in [-0.25, -0.2) is 9.18 Å². The maximum absolute atomic E-state index is 12.9. The Morgan fingerprint density at radius 3 is 2.56 bits per heavy atom. The molecule has 3 rings (SSSR count). The van der Waals surface area contributed by atoms with E-state index in [0.29, 0.717) is 17.7 Å². The van der Waals surface area contributed by atoms with Gasteiger partial charge in [-0.3, -0.25) is 4.79 Å². The van der Waals surface area contributed by atoms with Crippen LogP contribution in [-0.4, -0.2) is 29.2 Å². The van der Waals surface area contributed by atoms with E-state index in [1.807, 2.05) is 12.1 Å². The minimum absolute atomic E-state index is 0.0262. The summed E-state index contributed by atoms with van der Waals surface area (Å²) in [6, 6.07) is 9.48. The zero-order valence-corrected chi connectivity index (χ0v) is 15.7. The molecule has 0 spiro atoms. The fraction of sp³-hybridized carbons (Fsp3) is 0.333. The first-order chi connectivity index (χ1) is 13.0. The number of benzene rings is 2. The third kappa shape index (κ3) is 5.10. The zero-order chi connectivity index (χ0) is 19.2. The molecule has 0 saturated carbocycles. The summed E-state index contributed by atoms with van der Waals surface area (Å²) in [4.78, 5) is 24.0. The first-order valence-electron chi connectivity index (χ1n) is 8.95. The number of thioether (sulfide) groups is 1. The molecule has 0 heterocycles. The summed E-state index contributed by atoms with van der Waals surface area (Å²) >= 11 is 1.71. The monoisotopic (exact) mass is 388 g/mol. The number of halogens is 1. The fourth-order valence-electron chi connectivity index (χ4n) is 3.25. The summed E-state index contributed by atoms with van der Waals surface area (Å²) in [5.74, 6) is 0.186. The molecule has 1 aliphatic rings. The van der Waals surface area contributed by atoms with Crippen LogP contribution in [0, 0.1) is 5.82 Å². The molecule has 0 saturated heterocycles. The minimum Gasteiger partial charge on any atom is -0.482 e. The van der Waals surface area contributed by atoms with Crippen molar-refractivity contribution < 1.29 is 23.8 Å². The molecule has 0 bridgehead atoms. The molecule has 0 aromatic heterocycles. The largest absolute Gasteiger partial charge is 0.482 e. The molecule has 27 heavy (non-hydrogen) atoms. The predicted octanol–water partition coefficient (Wildman–Crippen LogP) is 4.53. The van der Waals surface area contributed by atoms with Gasteiger partial charge in [-0.05, 0) is 79.0 Å². The molecule has 1 N–H and O–H groups in total. The van der Waals surface area contributed by atoms with Crippen molar-refractivity contribution in [2.75, 3.05) is 12.4 Å². The van der Waals surface area contributed by atoms with Crippen molar-refractivity contribution in [3.8, 4) is 5.75 Å². The molecule has 1 aliphatic carbocycles. The van der Waals surface area contributed by atoms with Crippen LogP contribution in [-0.2, 0) is 17.6 Å². The number of fused-ring (bicyclic) bond motifs is 1. The highest BCUT2D eigenvalue weighted by molar-refractivity contribution is 7.99. The van der Waals surface area contributed by atoms with E-state index in [2.05, 4.69) is 0 Å². The van der Waals surface area contributed by atoms with Crippen LogP contribution >= 0.6 is 11.8 Å². The lowest BCUT2D eigenvalue weighted by Gasteiger charge is -2.13. The maximum atomic E-state index is 12.9. The first-order valence-corrected chi connectivity index (χ1v) is 9.94. The van der Waals surface area contributed by atoms with Crippen molar-refractivity contribution in [2.24, 2.45) is 0 Å². The Bertz CT molecular complexity index is 833. The number of carbonyl (C=O) groups excluding carboxylic acids is 1. The lowest BCUT2D eigenvalue weighted by atomic mass is 10.1. The molecular weight excluding hydrogens is 367 g/mol. The van der Waals surface area contributed by atoms with Gasteiger partial charge in [0, 0.05) is 16.9 Å². The minimum atomic E-state index is -0.981. The normalized spacial score (nSPS) is 12.6. The third-order valence-corrected chi connectivity index (χ3v) is 5.71. The standard InChI is InChI=1S/C21H21FO4S/c22-15-8-6-14(7-9-15)18(23)5-2-12-27-20-11-10-19(26-13-21(24)25)16-3-1-4-17(16)20/h6-11H,1-5,12-13H2,(H,24,25). The van der Waals surface area contributed by atoms with Crippen molar-refractivity contribution in [1.82, 2.24) is 0 Å². The molecule has 2 aromatic carbocycles. The molecule has 142 valence electrons. The van der Waals surface area contributed by atoms with Crippen LogP contribution in [0.25, 0.3) is 0 Å². The topological polar surface area (TPSA) is 63.6 Å². The highest BCUT2D eigenvalue weighted by Gasteiger charge is 2.20. The summed E-state index contributed by atoms with van der Waals surface area (Å²) in [6.07, 6.45) is 4.09. The number of carbonyl (C=O) groups is 2. The number of Topliss-reactive ketones (excluding diaryl/α,β-unsaturated/α-hetero) is 1. The van der Waals surface area contributed by atoms with Gasteiger partial charge < -0.3 is 9.84 Å². The average Bonchev–Trinajstić information content (AvgIpc) is 3.14. The van der Waals surface area contributed by atoms with Crippen LogP contribution in [0.5, 0.6) is 5.75 Å². The van der Waals surface area contributed by atoms with E-state index in [1.54, 1.807) is 11.8 Å². The summed E-state index contributed by atoms with van der Waals surface area (Å²) < 4.78 is 18.3. The van der Waals surface area contributed by atoms with Crippen molar-refractivity contribution in [3.63, 3.8) is 0 Å². The van der Waals surface area contributed by atoms with Gasteiger partial charge in [0.05, 0.1) is 0 Å². The van der Waals surface area contributed by atoms with Crippen molar-refractivity contribution >= 4 is 23.5 Å². The number of carboxylic acid groups (broad SMARTS) is 1. The zero-order valence-electron chi connectivity index (χ0n) is 14.9. The van der Waals surface area contributed by atoms with Crippen LogP contribution in [0.15, 0.2) is 41.3 Å². The van der Waals surface area contributed by atoms with E-state index in [4.69, 9.17) is 9.84 Å². The Morgan fingerprint density at radius 1 is 1.07 bits per heavy atom. The van der Waals surface area contributed by atoms with Crippen molar-refractivity contribution in [1.29, 1.82) is 0 Å². The van der Waals surface area contributed by atoms with Crippen molar-refractivity contribution in [3.05, 3.63) is 58.9 Å². The van der Waals surface area contributed by atoms with Gasteiger partial charge in [-0.1, -0.05) is 0 Å². The Labute approximate surface area is 161 Å². The number of hydrogen-bond acceptors (Lipinski definition) is 4. The van der Waals surface area contributed by atoms with Crippen LogP contribution in [0.3, 0.4) is 0 Å². The smallest absolute Gasteiger partial charge is 0.341 e. The Kier molecular flexibility index (Phi) is 6.50. The molecular formula is C21H21FO4S. The lowest BCUT2D eigenvalue weighted by molar-refractivity contribution is -0.139. The van der Waals surface area contributed by atoms with Gasteiger partial charge in [0.2, 0.25) is 0 Å². The van der Waals surface area contributed by atoms with Crippen LogP contribution in [0.1, 0.15) is 40.7 Å². The first kappa shape index (κ1) is 19.4. The molecule has 0 fully saturated rings. The second-order valence-corrected chi connectivity index (χ2v) is 7.57. The highest BCUT2D eigenvalue weighted by Crippen LogP contribution is 2.38. The predicted molar refractivity (Wildman–Crippen MR) is 102 cm³/mol. The van der Waals surface area contributed by atoms with E-state index in [1.165, 1.54) is 34.7 Å². The van der Waals surface area contributed by atoms with Crippen LogP contribution < -0.4 is 4.74 Å². The molecule has 2 aromatic rings. The van der Waals surface area contributed by atoms with Gasteiger partial charge in [-0.15, -0.1) is 11.8 Å². The van der Waals surface area contributed by atoms with Crippen LogP contribution in [0.4, 0.5) is 4.39 Å². The second-order valence-electron chi connectivity index (χ2n) is 6.44. The lowest BCUT2D eigenvalue weighted by Crippen LogP contribution is -2.10. The Balaban J connectivity index is 1.54. The van der Waals surface area contributed by atoms with E-state index in [0.717, 1.165) is 37.0 Å². The number of ether oxygens (including phenoxy) is 1. The summed E-state index contributed by atoms with van der Waals surface area (Å²) in [7, 11) is 0. The van der Waals surface area contributed by atoms with Gasteiger partial charge in [0.25, 0.3) is 0 Å². The number of carboxylic acids is 1. The second kappa shape index (κ2) is 9.04. The Morgan fingerprint density at radius 2 is 1.81 bits per heavy atom. The molecule has 0 atom stereocenters. The molecule has 0 aliphatic heterocycles. The number of rotatable bonds is 9. The third-order valence-electron chi connectivity index (χ3n) is 4.52. The van der Waals surface area contributed by atoms with Gasteiger partial charge in [0.1, 0.15) is 11.6 Å². The van der Waals surface area contributed by atoms with E-state index in [9.17, 15) is 14.0 Å². The number of aliphatic carboxylic acids is 1. The highest BCUT2D eigenvalue weighted by atomic mass is 32.2. The van der Waals surface area contributed by atoms with E-state index >= 15 is 0 Å². The summed E-state index contributed by atoms with van der Waals surface area (Å²) in [5, 5.41) is 8.79. The number of ketones is 1. The van der Waals surface area contributed by atoms with E-state index in [-0.39, 0.29) is 18.2 Å². The molecule has 6 heteroatoms. The van der Waals surface area contributed by atoms with Crippen LogP contribution in [0.2, 0.25) is 0 Å². The Hall–Kier alpha value is -2.34. The molecule has 0 amide bonds. The molecule has 0 radical (unpaired) electrons. The molecule has 4 nitrogen and oxygen atoms in total. The van der Waals surface area contributed by atoms with E-state index < -0.39 is 5.97 Å².